The monoisotopic (exact) mass is 323 g/mol. The summed E-state index contributed by atoms with van der Waals surface area (Å²) in [6, 6.07) is 6.78. The number of fused-ring (bicyclic) bond motifs is 1. The molecule has 0 spiro atoms. The highest BCUT2D eigenvalue weighted by molar-refractivity contribution is 7.99. The van der Waals surface area contributed by atoms with Crippen molar-refractivity contribution in [2.24, 2.45) is 0 Å². The van der Waals surface area contributed by atoms with E-state index in [-0.39, 0.29) is 0 Å². The summed E-state index contributed by atoms with van der Waals surface area (Å²) in [5.41, 5.74) is 2.19. The minimum absolute atomic E-state index is 0.595. The molecule has 0 atom stereocenters. The van der Waals surface area contributed by atoms with E-state index in [1.807, 2.05) is 12.1 Å². The predicted molar refractivity (Wildman–Crippen MR) is 88.7 cm³/mol. The van der Waals surface area contributed by atoms with Gasteiger partial charge in [-0.25, -0.2) is 9.97 Å². The fourth-order valence-electron chi connectivity index (χ4n) is 3.06. The smallest absolute Gasteiger partial charge is 0.197 e. The van der Waals surface area contributed by atoms with Crippen molar-refractivity contribution in [2.75, 3.05) is 0 Å². The Labute approximate surface area is 138 Å². The van der Waals surface area contributed by atoms with Crippen molar-refractivity contribution >= 4 is 22.7 Å². The van der Waals surface area contributed by atoms with Crippen LogP contribution >= 0.6 is 11.8 Å². The lowest BCUT2D eigenvalue weighted by molar-refractivity contribution is 0.626. The van der Waals surface area contributed by atoms with Gasteiger partial charge in [0.1, 0.15) is 17.2 Å². The van der Waals surface area contributed by atoms with E-state index >= 15 is 0 Å². The quantitative estimate of drug-likeness (QED) is 0.682. The minimum atomic E-state index is 0.595. The SMILES string of the molecule is Cc1cccc2ncnc(Sc3nnc(C4CC4)n3C3CC3)c12. The molecule has 0 aliphatic heterocycles. The Bertz CT molecular complexity index is 890. The van der Waals surface area contributed by atoms with Crippen LogP contribution in [0.4, 0.5) is 0 Å². The van der Waals surface area contributed by atoms with Crippen LogP contribution in [0.1, 0.15) is 49.0 Å². The summed E-state index contributed by atoms with van der Waals surface area (Å²) in [6.07, 6.45) is 6.64. The van der Waals surface area contributed by atoms with Crippen molar-refractivity contribution in [3.63, 3.8) is 0 Å². The molecule has 23 heavy (non-hydrogen) atoms. The lowest BCUT2D eigenvalue weighted by atomic mass is 10.1. The molecule has 2 aliphatic carbocycles. The zero-order valence-corrected chi connectivity index (χ0v) is 13.8. The van der Waals surface area contributed by atoms with Gasteiger partial charge in [0, 0.05) is 17.3 Å². The zero-order valence-electron chi connectivity index (χ0n) is 12.9. The second kappa shape index (κ2) is 5.03. The van der Waals surface area contributed by atoms with Gasteiger partial charge in [-0.2, -0.15) is 0 Å². The molecule has 2 heterocycles. The van der Waals surface area contributed by atoms with Crippen molar-refractivity contribution in [3.8, 4) is 0 Å². The van der Waals surface area contributed by atoms with Crippen LogP contribution in [-0.4, -0.2) is 24.7 Å². The molecule has 5 nitrogen and oxygen atoms in total. The number of aromatic nitrogens is 5. The highest BCUT2D eigenvalue weighted by Crippen LogP contribution is 2.47. The summed E-state index contributed by atoms with van der Waals surface area (Å²) in [7, 11) is 0. The Morgan fingerprint density at radius 1 is 1.09 bits per heavy atom. The first-order valence-electron chi connectivity index (χ1n) is 8.14. The molecule has 2 fully saturated rings. The van der Waals surface area contributed by atoms with Crippen molar-refractivity contribution in [3.05, 3.63) is 35.9 Å². The average molecular weight is 323 g/mol. The summed E-state index contributed by atoms with van der Waals surface area (Å²) in [6.45, 7) is 2.11. The first kappa shape index (κ1) is 13.5. The maximum Gasteiger partial charge on any atom is 0.197 e. The summed E-state index contributed by atoms with van der Waals surface area (Å²) < 4.78 is 2.37. The molecule has 2 aliphatic rings. The molecule has 0 unspecified atom stereocenters. The fourth-order valence-corrected chi connectivity index (χ4v) is 4.13. The Balaban J connectivity index is 1.60. The van der Waals surface area contributed by atoms with Gasteiger partial charge in [0.05, 0.1) is 5.52 Å². The maximum atomic E-state index is 4.52. The van der Waals surface area contributed by atoms with E-state index in [0.29, 0.717) is 12.0 Å². The molecule has 0 amide bonds. The summed E-state index contributed by atoms with van der Waals surface area (Å²) in [4.78, 5) is 8.91. The van der Waals surface area contributed by atoms with Crippen LogP contribution in [0.2, 0.25) is 0 Å². The van der Waals surface area contributed by atoms with E-state index in [9.17, 15) is 0 Å². The fraction of sp³-hybridized carbons (Fsp3) is 0.412. The standard InChI is InChI=1S/C17H17N5S/c1-10-3-2-4-13-14(10)16(19-9-18-13)23-17-21-20-15(11-5-6-11)22(17)12-7-8-12/h2-4,9,11-12H,5-8H2,1H3. The zero-order chi connectivity index (χ0) is 15.4. The van der Waals surface area contributed by atoms with Crippen molar-refractivity contribution in [1.82, 2.24) is 24.7 Å². The van der Waals surface area contributed by atoms with Gasteiger partial charge >= 0.3 is 0 Å². The van der Waals surface area contributed by atoms with Gasteiger partial charge in [-0.15, -0.1) is 10.2 Å². The van der Waals surface area contributed by atoms with Crippen LogP contribution in [0.25, 0.3) is 10.9 Å². The number of benzene rings is 1. The topological polar surface area (TPSA) is 56.5 Å². The third-order valence-corrected chi connectivity index (χ3v) is 5.53. The molecule has 5 rings (SSSR count). The molecule has 0 bridgehead atoms. The molecule has 6 heteroatoms. The van der Waals surface area contributed by atoms with E-state index in [1.54, 1.807) is 18.1 Å². The maximum absolute atomic E-state index is 4.52. The van der Waals surface area contributed by atoms with E-state index in [4.69, 9.17) is 0 Å². The Morgan fingerprint density at radius 3 is 2.74 bits per heavy atom. The Morgan fingerprint density at radius 2 is 1.96 bits per heavy atom. The van der Waals surface area contributed by atoms with Crippen LogP contribution in [-0.2, 0) is 0 Å². The lowest BCUT2D eigenvalue weighted by Crippen LogP contribution is -2.02. The van der Waals surface area contributed by atoms with Crippen LogP contribution in [0.3, 0.4) is 0 Å². The highest BCUT2D eigenvalue weighted by atomic mass is 32.2. The van der Waals surface area contributed by atoms with Gasteiger partial charge in [0.2, 0.25) is 0 Å². The van der Waals surface area contributed by atoms with Gasteiger partial charge in [-0.05, 0) is 56.0 Å². The molecular weight excluding hydrogens is 306 g/mol. The minimum Gasteiger partial charge on any atom is -0.302 e. The summed E-state index contributed by atoms with van der Waals surface area (Å²) in [5, 5.41) is 12.1. The summed E-state index contributed by atoms with van der Waals surface area (Å²) >= 11 is 1.63. The van der Waals surface area contributed by atoms with Crippen LogP contribution in [0.5, 0.6) is 0 Å². The molecule has 2 saturated carbocycles. The van der Waals surface area contributed by atoms with E-state index in [0.717, 1.165) is 21.1 Å². The Kier molecular flexibility index (Phi) is 2.95. The van der Waals surface area contributed by atoms with Crippen molar-refractivity contribution < 1.29 is 0 Å². The molecule has 3 aromatic rings. The predicted octanol–water partition coefficient (Wildman–Crippen LogP) is 3.89. The van der Waals surface area contributed by atoms with Crippen molar-refractivity contribution in [1.29, 1.82) is 0 Å². The van der Waals surface area contributed by atoms with E-state index < -0.39 is 0 Å². The number of hydrogen-bond donors (Lipinski definition) is 0. The molecule has 2 aromatic heterocycles. The summed E-state index contributed by atoms with van der Waals surface area (Å²) in [5.74, 6) is 1.81. The van der Waals surface area contributed by atoms with Gasteiger partial charge in [-0.3, -0.25) is 0 Å². The van der Waals surface area contributed by atoms with Crippen molar-refractivity contribution in [2.45, 2.75) is 54.7 Å². The van der Waals surface area contributed by atoms with E-state index in [2.05, 4.69) is 37.7 Å². The second-order valence-electron chi connectivity index (χ2n) is 6.47. The molecule has 0 N–H and O–H groups in total. The third-order valence-electron chi connectivity index (χ3n) is 4.57. The largest absolute Gasteiger partial charge is 0.302 e. The van der Waals surface area contributed by atoms with Crippen LogP contribution < -0.4 is 0 Å². The molecule has 0 radical (unpaired) electrons. The third kappa shape index (κ3) is 2.32. The number of aryl methyl sites for hydroxylation is 1. The van der Waals surface area contributed by atoms with Crippen LogP contribution in [0, 0.1) is 6.92 Å². The Hall–Kier alpha value is -1.95. The average Bonchev–Trinajstić information content (AvgIpc) is 3.47. The van der Waals surface area contributed by atoms with Gasteiger partial charge in [0.15, 0.2) is 5.16 Å². The normalized spacial score (nSPS) is 17.8. The number of nitrogens with zero attached hydrogens (tertiary/aromatic N) is 5. The van der Waals surface area contributed by atoms with Gasteiger partial charge < -0.3 is 4.57 Å². The number of hydrogen-bond acceptors (Lipinski definition) is 5. The first-order valence-corrected chi connectivity index (χ1v) is 8.96. The van der Waals surface area contributed by atoms with Crippen LogP contribution in [0.15, 0.2) is 34.7 Å². The molecule has 0 saturated heterocycles. The van der Waals surface area contributed by atoms with E-state index in [1.165, 1.54) is 37.1 Å². The lowest BCUT2D eigenvalue weighted by Gasteiger charge is -2.09. The number of rotatable bonds is 4. The highest BCUT2D eigenvalue weighted by Gasteiger charge is 2.36. The molecule has 1 aromatic carbocycles. The second-order valence-corrected chi connectivity index (χ2v) is 7.42. The molecular formula is C17H17N5S. The first-order chi connectivity index (χ1) is 11.3. The molecule has 116 valence electrons. The van der Waals surface area contributed by atoms with Gasteiger partial charge in [0.25, 0.3) is 0 Å². The van der Waals surface area contributed by atoms with Gasteiger partial charge in [-0.1, -0.05) is 12.1 Å².